The summed E-state index contributed by atoms with van der Waals surface area (Å²) in [5.41, 5.74) is 4.15. The van der Waals surface area contributed by atoms with E-state index >= 15 is 0 Å². The summed E-state index contributed by atoms with van der Waals surface area (Å²) in [5.74, 6) is 0.643. The van der Waals surface area contributed by atoms with Crippen molar-refractivity contribution in [3.05, 3.63) is 81.2 Å². The first-order chi connectivity index (χ1) is 12.6. The predicted molar refractivity (Wildman–Crippen MR) is 109 cm³/mol. The zero-order valence-electron chi connectivity index (χ0n) is 14.7. The van der Waals surface area contributed by atoms with Gasteiger partial charge in [-0.3, -0.25) is 4.79 Å². The monoisotopic (exact) mass is 361 g/mol. The third kappa shape index (κ3) is 3.13. The lowest BCUT2D eigenvalue weighted by atomic mass is 10.0. The summed E-state index contributed by atoms with van der Waals surface area (Å²) >= 11 is 1.57. The lowest BCUT2D eigenvalue weighted by Gasteiger charge is -2.07. The Kier molecular flexibility index (Phi) is 4.31. The van der Waals surface area contributed by atoms with E-state index in [2.05, 4.69) is 34.3 Å². The van der Waals surface area contributed by atoms with Crippen LogP contribution in [-0.4, -0.2) is 9.97 Å². The Bertz CT molecular complexity index is 1130. The number of nitrogens with zero attached hydrogens (tertiary/aromatic N) is 1. The minimum absolute atomic E-state index is 0.0840. The fraction of sp³-hybridized carbons (Fsp3) is 0.143. The summed E-state index contributed by atoms with van der Waals surface area (Å²) in [6.45, 7) is 4.57. The van der Waals surface area contributed by atoms with Gasteiger partial charge in [0.15, 0.2) is 0 Å². The summed E-state index contributed by atoms with van der Waals surface area (Å²) in [7, 11) is 0. The number of thiophene rings is 1. The zero-order chi connectivity index (χ0) is 18.1. The third-order valence-corrected chi connectivity index (χ3v) is 5.33. The molecule has 0 atom stereocenters. The first-order valence-electron chi connectivity index (χ1n) is 8.50. The standard InChI is InChI=1S/C21H19N3OS/c1-13-7-6-10-16(11-13)22-12-17-23-20(25)19-18(14(2)26-21(19)24-17)15-8-4-3-5-9-15/h3-11,22H,12H2,1-2H3,(H,23,24,25). The van der Waals surface area contributed by atoms with Gasteiger partial charge in [0.1, 0.15) is 10.7 Å². The van der Waals surface area contributed by atoms with Gasteiger partial charge >= 0.3 is 0 Å². The van der Waals surface area contributed by atoms with Gasteiger partial charge in [0, 0.05) is 16.1 Å². The molecule has 0 spiro atoms. The number of benzene rings is 2. The van der Waals surface area contributed by atoms with Crippen LogP contribution in [0.15, 0.2) is 59.4 Å². The lowest BCUT2D eigenvalue weighted by molar-refractivity contribution is 0.957. The number of nitrogens with one attached hydrogen (secondary N) is 2. The first kappa shape index (κ1) is 16.5. The van der Waals surface area contributed by atoms with E-state index in [1.165, 1.54) is 5.56 Å². The lowest BCUT2D eigenvalue weighted by Crippen LogP contribution is -2.14. The zero-order valence-corrected chi connectivity index (χ0v) is 15.5. The van der Waals surface area contributed by atoms with Gasteiger partial charge < -0.3 is 10.3 Å². The van der Waals surface area contributed by atoms with Gasteiger partial charge in [-0.05, 0) is 37.1 Å². The highest BCUT2D eigenvalue weighted by atomic mass is 32.1. The molecule has 0 radical (unpaired) electrons. The van der Waals surface area contributed by atoms with Crippen LogP contribution in [0.4, 0.5) is 5.69 Å². The Morgan fingerprint density at radius 2 is 1.88 bits per heavy atom. The Balaban J connectivity index is 1.71. The molecule has 2 aromatic carbocycles. The molecule has 0 amide bonds. The molecule has 4 aromatic rings. The SMILES string of the molecule is Cc1cccc(NCc2nc3sc(C)c(-c4ccccc4)c3c(=O)[nH]2)c1. The molecule has 0 bridgehead atoms. The second-order valence-corrected chi connectivity index (χ2v) is 7.52. The Morgan fingerprint density at radius 1 is 1.08 bits per heavy atom. The Hall–Kier alpha value is -2.92. The van der Waals surface area contributed by atoms with Gasteiger partial charge in [-0.2, -0.15) is 0 Å². The van der Waals surface area contributed by atoms with Crippen LogP contribution in [0.25, 0.3) is 21.3 Å². The predicted octanol–water partition coefficient (Wildman–Crippen LogP) is 4.88. The van der Waals surface area contributed by atoms with Crippen molar-refractivity contribution in [3.8, 4) is 11.1 Å². The van der Waals surface area contributed by atoms with Crippen molar-refractivity contribution in [2.45, 2.75) is 20.4 Å². The first-order valence-corrected chi connectivity index (χ1v) is 9.32. The van der Waals surface area contributed by atoms with Crippen molar-refractivity contribution < 1.29 is 0 Å². The van der Waals surface area contributed by atoms with Gasteiger partial charge in [0.2, 0.25) is 0 Å². The molecule has 26 heavy (non-hydrogen) atoms. The molecule has 2 aromatic heterocycles. The average Bonchev–Trinajstić information content (AvgIpc) is 2.97. The maximum atomic E-state index is 12.8. The van der Waals surface area contributed by atoms with Crippen LogP contribution in [0.2, 0.25) is 0 Å². The maximum Gasteiger partial charge on any atom is 0.260 e. The molecule has 0 fully saturated rings. The molecule has 4 rings (SSSR count). The van der Waals surface area contributed by atoms with Gasteiger partial charge in [0.05, 0.1) is 11.9 Å². The number of aromatic amines is 1. The summed E-state index contributed by atoms with van der Waals surface area (Å²) in [4.78, 5) is 22.3. The van der Waals surface area contributed by atoms with Gasteiger partial charge in [-0.15, -0.1) is 11.3 Å². The molecular weight excluding hydrogens is 342 g/mol. The van der Waals surface area contributed by atoms with Crippen molar-refractivity contribution in [3.63, 3.8) is 0 Å². The fourth-order valence-corrected chi connectivity index (χ4v) is 4.21. The topological polar surface area (TPSA) is 57.8 Å². The quantitative estimate of drug-likeness (QED) is 0.545. The van der Waals surface area contributed by atoms with E-state index in [4.69, 9.17) is 0 Å². The number of aromatic nitrogens is 2. The van der Waals surface area contributed by atoms with Crippen molar-refractivity contribution in [2.24, 2.45) is 0 Å². The molecule has 0 unspecified atom stereocenters. The van der Waals surface area contributed by atoms with Crippen LogP contribution < -0.4 is 10.9 Å². The van der Waals surface area contributed by atoms with E-state index in [-0.39, 0.29) is 5.56 Å². The highest BCUT2D eigenvalue weighted by Gasteiger charge is 2.16. The van der Waals surface area contributed by atoms with Crippen LogP contribution >= 0.6 is 11.3 Å². The molecule has 0 aliphatic carbocycles. The van der Waals surface area contributed by atoms with E-state index in [9.17, 15) is 4.79 Å². The van der Waals surface area contributed by atoms with Gasteiger partial charge in [-0.1, -0.05) is 42.5 Å². The molecule has 5 heteroatoms. The van der Waals surface area contributed by atoms with Crippen LogP contribution in [-0.2, 0) is 6.54 Å². The van der Waals surface area contributed by atoms with Crippen LogP contribution in [0, 0.1) is 13.8 Å². The molecule has 4 nitrogen and oxygen atoms in total. The molecular formula is C21H19N3OS. The fourth-order valence-electron chi connectivity index (χ4n) is 3.14. The van der Waals surface area contributed by atoms with Crippen LogP contribution in [0.5, 0.6) is 0 Å². The maximum absolute atomic E-state index is 12.8. The number of hydrogen-bond donors (Lipinski definition) is 2. The van der Waals surface area contributed by atoms with Crippen molar-refractivity contribution in [1.29, 1.82) is 0 Å². The number of aryl methyl sites for hydroxylation is 2. The van der Waals surface area contributed by atoms with Gasteiger partial charge in [0.25, 0.3) is 5.56 Å². The normalized spacial score (nSPS) is 11.0. The highest BCUT2D eigenvalue weighted by Crippen LogP contribution is 2.35. The largest absolute Gasteiger partial charge is 0.378 e. The van der Waals surface area contributed by atoms with Crippen LogP contribution in [0.3, 0.4) is 0 Å². The molecule has 0 aliphatic rings. The number of anilines is 1. The molecule has 0 aliphatic heterocycles. The number of H-pyrrole nitrogens is 1. The number of rotatable bonds is 4. The molecule has 130 valence electrons. The van der Waals surface area contributed by atoms with E-state index in [0.29, 0.717) is 17.8 Å². The Morgan fingerprint density at radius 3 is 2.65 bits per heavy atom. The van der Waals surface area contributed by atoms with E-state index in [0.717, 1.165) is 26.5 Å². The summed E-state index contributed by atoms with van der Waals surface area (Å²) in [5, 5.41) is 4.00. The van der Waals surface area contributed by atoms with E-state index < -0.39 is 0 Å². The molecule has 0 saturated heterocycles. The Labute approximate surface area is 155 Å². The molecule has 0 saturated carbocycles. The number of hydrogen-bond acceptors (Lipinski definition) is 4. The van der Waals surface area contributed by atoms with Gasteiger partial charge in [-0.25, -0.2) is 4.98 Å². The summed E-state index contributed by atoms with van der Waals surface area (Å²) in [6.07, 6.45) is 0. The van der Waals surface area contributed by atoms with E-state index in [1.807, 2.05) is 49.4 Å². The highest BCUT2D eigenvalue weighted by molar-refractivity contribution is 7.19. The third-order valence-electron chi connectivity index (χ3n) is 4.33. The second-order valence-electron chi connectivity index (χ2n) is 6.32. The minimum Gasteiger partial charge on any atom is -0.378 e. The van der Waals surface area contributed by atoms with E-state index in [1.54, 1.807) is 11.3 Å². The van der Waals surface area contributed by atoms with Crippen molar-refractivity contribution in [1.82, 2.24) is 9.97 Å². The second kappa shape index (κ2) is 6.77. The number of fused-ring (bicyclic) bond motifs is 1. The minimum atomic E-state index is -0.0840. The molecule has 2 N–H and O–H groups in total. The van der Waals surface area contributed by atoms with Crippen LogP contribution in [0.1, 0.15) is 16.3 Å². The smallest absolute Gasteiger partial charge is 0.260 e. The van der Waals surface area contributed by atoms with Crippen molar-refractivity contribution in [2.75, 3.05) is 5.32 Å². The summed E-state index contributed by atoms with van der Waals surface area (Å²) in [6, 6.07) is 18.1. The summed E-state index contributed by atoms with van der Waals surface area (Å²) < 4.78 is 0. The van der Waals surface area contributed by atoms with Crippen molar-refractivity contribution >= 4 is 27.2 Å². The molecule has 2 heterocycles. The average molecular weight is 361 g/mol.